The highest BCUT2D eigenvalue weighted by atomic mass is 16.5. The van der Waals surface area contributed by atoms with Gasteiger partial charge in [-0.25, -0.2) is 0 Å². The van der Waals surface area contributed by atoms with Gasteiger partial charge in [-0.1, -0.05) is 36.4 Å². The van der Waals surface area contributed by atoms with E-state index in [1.54, 1.807) is 0 Å². The lowest BCUT2D eigenvalue weighted by molar-refractivity contribution is 0.310. The van der Waals surface area contributed by atoms with Gasteiger partial charge in [-0.05, 0) is 17.7 Å². The lowest BCUT2D eigenvalue weighted by Crippen LogP contribution is -1.95. The molecular weight excluding hydrogens is 224 g/mol. The molecule has 0 N–H and O–H groups in total. The van der Waals surface area contributed by atoms with Gasteiger partial charge < -0.3 is 4.74 Å². The first kappa shape index (κ1) is 10.8. The summed E-state index contributed by atoms with van der Waals surface area (Å²) in [5, 5.41) is 5.30. The van der Waals surface area contributed by atoms with Gasteiger partial charge in [0.2, 0.25) is 0 Å². The van der Waals surface area contributed by atoms with Gasteiger partial charge in [0, 0.05) is 7.05 Å². The molecule has 0 atom stereocenters. The van der Waals surface area contributed by atoms with E-state index < -0.39 is 0 Å². The Kier molecular flexibility index (Phi) is 2.73. The lowest BCUT2D eigenvalue weighted by Gasteiger charge is -2.07. The molecule has 0 radical (unpaired) electrons. The molecule has 90 valence electrons. The maximum atomic E-state index is 5.87. The zero-order chi connectivity index (χ0) is 12.4. The van der Waals surface area contributed by atoms with Crippen LogP contribution in [-0.2, 0) is 13.7 Å². The van der Waals surface area contributed by atoms with Crippen LogP contribution < -0.4 is 4.74 Å². The Morgan fingerprint density at radius 3 is 2.72 bits per heavy atom. The molecule has 0 spiro atoms. The molecule has 1 aromatic heterocycles. The van der Waals surface area contributed by atoms with Gasteiger partial charge in [0.25, 0.3) is 0 Å². The molecule has 0 saturated carbocycles. The van der Waals surface area contributed by atoms with E-state index in [2.05, 4.69) is 17.2 Å². The van der Waals surface area contributed by atoms with Crippen LogP contribution in [0.25, 0.3) is 10.9 Å². The number of rotatable bonds is 3. The molecule has 3 heteroatoms. The zero-order valence-electron chi connectivity index (χ0n) is 10.2. The number of aryl methyl sites for hydroxylation is 1. The lowest BCUT2D eigenvalue weighted by atomic mass is 10.2. The summed E-state index contributed by atoms with van der Waals surface area (Å²) < 4.78 is 7.72. The molecule has 0 aliphatic rings. The Bertz CT molecular complexity index is 659. The summed E-state index contributed by atoms with van der Waals surface area (Å²) in [5.41, 5.74) is 2.25. The second-order valence-electron chi connectivity index (χ2n) is 4.23. The van der Waals surface area contributed by atoms with Crippen molar-refractivity contribution in [2.45, 2.75) is 6.61 Å². The van der Waals surface area contributed by atoms with Crippen LogP contribution in [0.4, 0.5) is 0 Å². The smallest absolute Gasteiger partial charge is 0.130 e. The van der Waals surface area contributed by atoms with Crippen molar-refractivity contribution in [3.63, 3.8) is 0 Å². The van der Waals surface area contributed by atoms with Crippen molar-refractivity contribution in [2.24, 2.45) is 7.05 Å². The molecule has 0 fully saturated rings. The Hall–Kier alpha value is -2.29. The van der Waals surface area contributed by atoms with E-state index in [9.17, 15) is 0 Å². The van der Waals surface area contributed by atoms with Crippen molar-refractivity contribution < 1.29 is 4.74 Å². The monoisotopic (exact) mass is 238 g/mol. The fourth-order valence-corrected chi connectivity index (χ4v) is 2.01. The summed E-state index contributed by atoms with van der Waals surface area (Å²) in [6, 6.07) is 16.2. The molecule has 3 aromatic rings. The van der Waals surface area contributed by atoms with Crippen molar-refractivity contribution in [1.82, 2.24) is 9.78 Å². The zero-order valence-corrected chi connectivity index (χ0v) is 10.2. The largest absolute Gasteiger partial charge is 0.488 e. The normalized spacial score (nSPS) is 10.7. The number of ether oxygens (including phenoxy) is 1. The predicted molar refractivity (Wildman–Crippen MR) is 71.5 cm³/mol. The molecule has 0 aliphatic carbocycles. The summed E-state index contributed by atoms with van der Waals surface area (Å²) >= 11 is 0. The standard InChI is InChI=1S/C15H14N2O/c1-17-14-8-5-9-15(13(14)10-16-17)18-11-12-6-3-2-4-7-12/h2-10H,11H2,1H3. The van der Waals surface area contributed by atoms with Crippen LogP contribution in [0.5, 0.6) is 5.75 Å². The summed E-state index contributed by atoms with van der Waals surface area (Å²) in [6.07, 6.45) is 1.84. The highest BCUT2D eigenvalue weighted by Gasteiger charge is 2.05. The van der Waals surface area contributed by atoms with Gasteiger partial charge >= 0.3 is 0 Å². The number of fused-ring (bicyclic) bond motifs is 1. The summed E-state index contributed by atoms with van der Waals surface area (Å²) in [4.78, 5) is 0. The van der Waals surface area contributed by atoms with Gasteiger partial charge in [0.1, 0.15) is 12.4 Å². The highest BCUT2D eigenvalue weighted by molar-refractivity contribution is 5.85. The SMILES string of the molecule is Cn1ncc2c(OCc3ccccc3)cccc21. The number of aromatic nitrogens is 2. The Morgan fingerprint density at radius 1 is 1.06 bits per heavy atom. The Balaban J connectivity index is 1.87. The molecule has 2 aromatic carbocycles. The average molecular weight is 238 g/mol. The Morgan fingerprint density at radius 2 is 1.89 bits per heavy atom. The van der Waals surface area contributed by atoms with E-state index >= 15 is 0 Å². The molecule has 0 amide bonds. The molecule has 0 unspecified atom stereocenters. The molecule has 0 bridgehead atoms. The third-order valence-electron chi connectivity index (χ3n) is 2.99. The van der Waals surface area contributed by atoms with Gasteiger partial charge in [0.05, 0.1) is 17.1 Å². The van der Waals surface area contributed by atoms with Crippen LogP contribution >= 0.6 is 0 Å². The van der Waals surface area contributed by atoms with Crippen molar-refractivity contribution in [3.8, 4) is 5.75 Å². The van der Waals surface area contributed by atoms with E-state index in [4.69, 9.17) is 4.74 Å². The molecule has 1 heterocycles. The molecule has 0 aliphatic heterocycles. The van der Waals surface area contributed by atoms with E-state index in [0.29, 0.717) is 6.61 Å². The van der Waals surface area contributed by atoms with Gasteiger partial charge in [-0.2, -0.15) is 5.10 Å². The van der Waals surface area contributed by atoms with Gasteiger partial charge in [-0.15, -0.1) is 0 Å². The van der Waals surface area contributed by atoms with Crippen LogP contribution in [0.3, 0.4) is 0 Å². The van der Waals surface area contributed by atoms with Gasteiger partial charge in [-0.3, -0.25) is 4.68 Å². The fraction of sp³-hybridized carbons (Fsp3) is 0.133. The van der Waals surface area contributed by atoms with Crippen molar-refractivity contribution >= 4 is 10.9 Å². The van der Waals surface area contributed by atoms with Crippen molar-refractivity contribution in [3.05, 3.63) is 60.3 Å². The van der Waals surface area contributed by atoms with Crippen molar-refractivity contribution in [1.29, 1.82) is 0 Å². The highest BCUT2D eigenvalue weighted by Crippen LogP contribution is 2.25. The van der Waals surface area contributed by atoms with E-state index in [1.165, 1.54) is 5.56 Å². The quantitative estimate of drug-likeness (QED) is 0.701. The number of benzene rings is 2. The third kappa shape index (κ3) is 1.95. The van der Waals surface area contributed by atoms with Crippen LogP contribution in [0.15, 0.2) is 54.7 Å². The minimum absolute atomic E-state index is 0.578. The molecule has 3 nitrogen and oxygen atoms in total. The van der Waals surface area contributed by atoms with Gasteiger partial charge in [0.15, 0.2) is 0 Å². The minimum atomic E-state index is 0.578. The molecule has 0 saturated heterocycles. The van der Waals surface area contributed by atoms with E-state index in [-0.39, 0.29) is 0 Å². The van der Waals surface area contributed by atoms with Crippen LogP contribution in [0.2, 0.25) is 0 Å². The second kappa shape index (κ2) is 4.53. The first-order chi connectivity index (χ1) is 8.84. The fourth-order valence-electron chi connectivity index (χ4n) is 2.01. The average Bonchev–Trinajstić information content (AvgIpc) is 2.80. The second-order valence-corrected chi connectivity index (χ2v) is 4.23. The summed E-state index contributed by atoms with van der Waals surface area (Å²) in [5.74, 6) is 0.879. The van der Waals surface area contributed by atoms with Crippen LogP contribution in [0, 0.1) is 0 Å². The predicted octanol–water partition coefficient (Wildman–Crippen LogP) is 3.15. The summed E-state index contributed by atoms with van der Waals surface area (Å²) in [6.45, 7) is 0.578. The van der Waals surface area contributed by atoms with Crippen molar-refractivity contribution in [2.75, 3.05) is 0 Å². The van der Waals surface area contributed by atoms with Crippen LogP contribution in [0.1, 0.15) is 5.56 Å². The molecular formula is C15H14N2O. The first-order valence-electron chi connectivity index (χ1n) is 5.92. The topological polar surface area (TPSA) is 27.1 Å². The van der Waals surface area contributed by atoms with E-state index in [0.717, 1.165) is 16.7 Å². The number of hydrogen-bond acceptors (Lipinski definition) is 2. The third-order valence-corrected chi connectivity index (χ3v) is 2.99. The Labute approximate surface area is 106 Å². The number of hydrogen-bond donors (Lipinski definition) is 0. The maximum absolute atomic E-state index is 5.87. The number of nitrogens with zero attached hydrogens (tertiary/aromatic N) is 2. The van der Waals surface area contributed by atoms with Crippen LogP contribution in [-0.4, -0.2) is 9.78 Å². The van der Waals surface area contributed by atoms with E-state index in [1.807, 2.05) is 54.3 Å². The maximum Gasteiger partial charge on any atom is 0.130 e. The molecule has 3 rings (SSSR count). The summed E-state index contributed by atoms with van der Waals surface area (Å²) in [7, 11) is 1.93. The molecule has 18 heavy (non-hydrogen) atoms. The minimum Gasteiger partial charge on any atom is -0.488 e. The first-order valence-corrected chi connectivity index (χ1v) is 5.92.